The lowest BCUT2D eigenvalue weighted by Crippen LogP contribution is -2.50. The van der Waals surface area contributed by atoms with Crippen molar-refractivity contribution in [1.82, 2.24) is 5.32 Å². The van der Waals surface area contributed by atoms with Crippen molar-refractivity contribution in [3.8, 4) is 0 Å². The first-order chi connectivity index (χ1) is 6.77. The first-order valence-electron chi connectivity index (χ1n) is 5.63. The summed E-state index contributed by atoms with van der Waals surface area (Å²) in [5.41, 5.74) is 0.265. The van der Waals surface area contributed by atoms with Gasteiger partial charge in [-0.15, -0.1) is 0 Å². The predicted molar refractivity (Wildman–Crippen MR) is 64.3 cm³/mol. The first-order valence-corrected chi connectivity index (χ1v) is 5.63. The third-order valence-electron chi connectivity index (χ3n) is 2.02. The van der Waals surface area contributed by atoms with Crippen molar-refractivity contribution in [3.63, 3.8) is 0 Å². The Labute approximate surface area is 94.5 Å². The second-order valence-electron chi connectivity index (χ2n) is 5.61. The molecule has 1 N–H and O–H groups in total. The molecule has 0 aliphatic heterocycles. The second-order valence-corrected chi connectivity index (χ2v) is 5.61. The predicted octanol–water partition coefficient (Wildman–Crippen LogP) is 2.21. The van der Waals surface area contributed by atoms with Gasteiger partial charge in [0.15, 0.2) is 0 Å². The van der Waals surface area contributed by atoms with Crippen molar-refractivity contribution in [1.29, 1.82) is 0 Å². The van der Waals surface area contributed by atoms with Gasteiger partial charge in [0.05, 0.1) is 13.2 Å². The molecule has 0 bridgehead atoms. The van der Waals surface area contributed by atoms with Gasteiger partial charge in [-0.2, -0.15) is 0 Å². The molecule has 0 unspecified atom stereocenters. The second kappa shape index (κ2) is 6.46. The fourth-order valence-electron chi connectivity index (χ4n) is 1.65. The lowest BCUT2D eigenvalue weighted by Gasteiger charge is -2.34. The molecule has 0 amide bonds. The number of hydrogen-bond donors (Lipinski definition) is 1. The lowest BCUT2D eigenvalue weighted by molar-refractivity contribution is 0.0582. The van der Waals surface area contributed by atoms with Crippen molar-refractivity contribution < 1.29 is 9.47 Å². The van der Waals surface area contributed by atoms with Gasteiger partial charge >= 0.3 is 0 Å². The van der Waals surface area contributed by atoms with Gasteiger partial charge in [-0.1, -0.05) is 0 Å². The topological polar surface area (TPSA) is 30.5 Å². The highest BCUT2D eigenvalue weighted by Crippen LogP contribution is 2.14. The average molecular weight is 217 g/mol. The Morgan fingerprint density at radius 1 is 0.933 bits per heavy atom. The lowest BCUT2D eigenvalue weighted by atomic mass is 9.96. The van der Waals surface area contributed by atoms with Crippen LogP contribution in [0.3, 0.4) is 0 Å². The van der Waals surface area contributed by atoms with Crippen LogP contribution in [0.2, 0.25) is 0 Å². The molecule has 15 heavy (non-hydrogen) atoms. The van der Waals surface area contributed by atoms with Gasteiger partial charge < -0.3 is 14.8 Å². The summed E-state index contributed by atoms with van der Waals surface area (Å²) in [5, 5.41) is 3.58. The van der Waals surface area contributed by atoms with E-state index in [9.17, 15) is 0 Å². The summed E-state index contributed by atoms with van der Waals surface area (Å²) in [6.07, 6.45) is 1.01. The van der Waals surface area contributed by atoms with E-state index in [1.54, 1.807) is 7.11 Å². The van der Waals surface area contributed by atoms with E-state index in [1.165, 1.54) is 0 Å². The zero-order valence-electron chi connectivity index (χ0n) is 11.1. The first kappa shape index (κ1) is 14.9. The summed E-state index contributed by atoms with van der Waals surface area (Å²) in [6.45, 7) is 13.1. The maximum absolute atomic E-state index is 5.46. The van der Waals surface area contributed by atoms with Crippen molar-refractivity contribution in [2.45, 2.75) is 52.1 Å². The van der Waals surface area contributed by atoms with Gasteiger partial charge in [0.1, 0.15) is 0 Å². The Morgan fingerprint density at radius 2 is 1.53 bits per heavy atom. The van der Waals surface area contributed by atoms with Crippen molar-refractivity contribution >= 4 is 0 Å². The molecule has 0 radical (unpaired) electrons. The molecule has 0 fully saturated rings. The van der Waals surface area contributed by atoms with Crippen molar-refractivity contribution in [2.24, 2.45) is 0 Å². The third kappa shape index (κ3) is 10.2. The van der Waals surface area contributed by atoms with Crippen LogP contribution in [0.1, 0.15) is 41.0 Å². The summed E-state index contributed by atoms with van der Waals surface area (Å²) in [4.78, 5) is 0. The monoisotopic (exact) mass is 217 g/mol. The van der Waals surface area contributed by atoms with Crippen LogP contribution in [0.15, 0.2) is 0 Å². The Morgan fingerprint density at radius 3 is 2.00 bits per heavy atom. The molecule has 0 rings (SSSR count). The molecule has 3 heteroatoms. The summed E-state index contributed by atoms with van der Waals surface area (Å²) in [7, 11) is 1.69. The van der Waals surface area contributed by atoms with Gasteiger partial charge in [-0.3, -0.25) is 0 Å². The maximum atomic E-state index is 5.46. The smallest absolute Gasteiger partial charge is 0.0700 e. The third-order valence-corrected chi connectivity index (χ3v) is 2.02. The molecule has 92 valence electrons. The molecular weight excluding hydrogens is 190 g/mol. The molecule has 0 atom stereocenters. The summed E-state index contributed by atoms with van der Waals surface area (Å²) >= 11 is 0. The van der Waals surface area contributed by atoms with E-state index in [0.29, 0.717) is 13.2 Å². The average Bonchev–Trinajstić information content (AvgIpc) is 1.99. The van der Waals surface area contributed by atoms with Crippen LogP contribution in [0.4, 0.5) is 0 Å². The minimum absolute atomic E-state index is 0.116. The Balaban J connectivity index is 3.65. The summed E-state index contributed by atoms with van der Waals surface area (Å²) in [5.74, 6) is 0. The van der Waals surface area contributed by atoms with E-state index >= 15 is 0 Å². The van der Waals surface area contributed by atoms with Gasteiger partial charge in [0.2, 0.25) is 0 Å². The van der Waals surface area contributed by atoms with Crippen molar-refractivity contribution in [3.05, 3.63) is 0 Å². The van der Waals surface area contributed by atoms with Gasteiger partial charge in [-0.05, 0) is 41.0 Å². The normalized spacial score (nSPS) is 13.2. The Kier molecular flexibility index (Phi) is 6.41. The number of nitrogens with one attached hydrogen (secondary N) is 1. The van der Waals surface area contributed by atoms with Gasteiger partial charge in [0.25, 0.3) is 0 Å². The maximum Gasteiger partial charge on any atom is 0.0700 e. The largest absolute Gasteiger partial charge is 0.382 e. The summed E-state index contributed by atoms with van der Waals surface area (Å²) in [6, 6.07) is 0. The van der Waals surface area contributed by atoms with Crippen LogP contribution in [0.25, 0.3) is 0 Å². The van der Waals surface area contributed by atoms with E-state index in [-0.39, 0.29) is 11.1 Å². The molecule has 0 saturated carbocycles. The van der Waals surface area contributed by atoms with Crippen LogP contribution < -0.4 is 5.32 Å². The minimum Gasteiger partial charge on any atom is -0.382 e. The molecule has 3 nitrogen and oxygen atoms in total. The number of rotatable bonds is 7. The Hall–Kier alpha value is -0.120. The van der Waals surface area contributed by atoms with Gasteiger partial charge in [-0.25, -0.2) is 0 Å². The molecule has 0 aliphatic rings. The highest BCUT2D eigenvalue weighted by molar-refractivity contribution is 4.85. The minimum atomic E-state index is 0.116. The molecule has 0 spiro atoms. The number of ether oxygens (including phenoxy) is 2. The van der Waals surface area contributed by atoms with E-state index in [0.717, 1.165) is 13.0 Å². The quantitative estimate of drug-likeness (QED) is 0.663. The van der Waals surface area contributed by atoms with E-state index in [2.05, 4.69) is 39.9 Å². The molecule has 0 heterocycles. The van der Waals surface area contributed by atoms with Crippen LogP contribution in [0, 0.1) is 0 Å². The molecule has 0 saturated heterocycles. The zero-order chi connectivity index (χ0) is 11.9. The van der Waals surface area contributed by atoms with E-state index in [4.69, 9.17) is 9.47 Å². The number of methoxy groups -OCH3 is 1. The van der Waals surface area contributed by atoms with Crippen LogP contribution >= 0.6 is 0 Å². The SMILES string of the molecule is COCCOCCC(C)(C)NC(C)(C)C. The molecule has 0 aromatic heterocycles. The number of hydrogen-bond acceptors (Lipinski definition) is 3. The fraction of sp³-hybridized carbons (Fsp3) is 1.00. The summed E-state index contributed by atoms with van der Waals surface area (Å²) < 4.78 is 10.4. The standard InChI is InChI=1S/C12H27NO2/c1-11(2,3)13-12(4,5)7-8-15-10-9-14-6/h13H,7-10H2,1-6H3. The van der Waals surface area contributed by atoms with Crippen LogP contribution in [0.5, 0.6) is 0 Å². The zero-order valence-corrected chi connectivity index (χ0v) is 11.1. The van der Waals surface area contributed by atoms with Crippen LogP contribution in [-0.4, -0.2) is 38.0 Å². The molecule has 0 aromatic carbocycles. The fourth-order valence-corrected chi connectivity index (χ4v) is 1.65. The molecule has 0 aromatic rings. The van der Waals surface area contributed by atoms with E-state index < -0.39 is 0 Å². The van der Waals surface area contributed by atoms with E-state index in [1.807, 2.05) is 0 Å². The molecule has 0 aliphatic carbocycles. The van der Waals surface area contributed by atoms with Crippen LogP contribution in [-0.2, 0) is 9.47 Å². The molecular formula is C12H27NO2. The highest BCUT2D eigenvalue weighted by atomic mass is 16.5. The highest BCUT2D eigenvalue weighted by Gasteiger charge is 2.23. The van der Waals surface area contributed by atoms with Crippen molar-refractivity contribution in [2.75, 3.05) is 26.9 Å². The van der Waals surface area contributed by atoms with Gasteiger partial charge in [0, 0.05) is 24.8 Å². The Bertz CT molecular complexity index is 161.